The van der Waals surface area contributed by atoms with E-state index in [-0.39, 0.29) is 23.4 Å². The van der Waals surface area contributed by atoms with Gasteiger partial charge in [0.05, 0.1) is 5.56 Å². The van der Waals surface area contributed by atoms with Crippen molar-refractivity contribution in [3.8, 4) is 5.75 Å². The highest BCUT2D eigenvalue weighted by Gasteiger charge is 2.16. The van der Waals surface area contributed by atoms with E-state index in [0.29, 0.717) is 13.0 Å². The molecule has 0 aliphatic heterocycles. The number of carboxylic acids is 1. The number of phenolic OH excluding ortho intramolecular Hbond substituents is 1. The number of carbonyl (C=O) groups excluding carboxylic acids is 1. The average molecular weight is 342 g/mol. The Morgan fingerprint density at radius 3 is 2.16 bits per heavy atom. The molecule has 0 fully saturated rings. The Morgan fingerprint density at radius 2 is 1.60 bits per heavy atom. The summed E-state index contributed by atoms with van der Waals surface area (Å²) in [5, 5.41) is 21.0. The molecule has 0 saturated heterocycles. The summed E-state index contributed by atoms with van der Waals surface area (Å²) in [5.41, 5.74) is 2.09. The lowest BCUT2D eigenvalue weighted by atomic mass is 10.1. The van der Waals surface area contributed by atoms with Crippen LogP contribution in [0.15, 0.2) is 48.5 Å². The van der Waals surface area contributed by atoms with E-state index < -0.39 is 5.97 Å². The van der Waals surface area contributed by atoms with Gasteiger partial charge in [0.1, 0.15) is 5.75 Å². The van der Waals surface area contributed by atoms with E-state index in [2.05, 4.69) is 5.32 Å². The first-order chi connectivity index (χ1) is 11.9. The zero-order valence-corrected chi connectivity index (χ0v) is 14.3. The van der Waals surface area contributed by atoms with Gasteiger partial charge in [-0.1, -0.05) is 24.3 Å². The number of phenols is 1. The van der Waals surface area contributed by atoms with Crippen molar-refractivity contribution in [1.29, 1.82) is 0 Å². The number of nitrogens with one attached hydrogen (secondary N) is 1. The minimum absolute atomic E-state index is 0.0149. The van der Waals surface area contributed by atoms with Crippen molar-refractivity contribution in [3.63, 3.8) is 0 Å². The molecule has 2 rings (SSSR count). The maximum absolute atomic E-state index is 12.3. The second-order valence-electron chi connectivity index (χ2n) is 5.99. The van der Waals surface area contributed by atoms with Gasteiger partial charge in [-0.25, -0.2) is 9.59 Å². The summed E-state index contributed by atoms with van der Waals surface area (Å²) < 4.78 is 0. The number of hydrogen-bond acceptors (Lipinski definition) is 3. The van der Waals surface area contributed by atoms with Gasteiger partial charge in [-0.2, -0.15) is 0 Å². The van der Waals surface area contributed by atoms with Crippen molar-refractivity contribution in [3.05, 3.63) is 65.2 Å². The van der Waals surface area contributed by atoms with Crippen molar-refractivity contribution in [1.82, 2.24) is 10.2 Å². The van der Waals surface area contributed by atoms with Crippen LogP contribution >= 0.6 is 0 Å². The van der Waals surface area contributed by atoms with Crippen molar-refractivity contribution >= 4 is 12.0 Å². The smallest absolute Gasteiger partial charge is 0.335 e. The van der Waals surface area contributed by atoms with E-state index in [1.54, 1.807) is 36.2 Å². The van der Waals surface area contributed by atoms with Gasteiger partial charge >= 0.3 is 12.0 Å². The monoisotopic (exact) mass is 342 g/mol. The van der Waals surface area contributed by atoms with Crippen LogP contribution in [0.3, 0.4) is 0 Å². The fourth-order valence-electron chi connectivity index (χ4n) is 2.38. The van der Waals surface area contributed by atoms with Gasteiger partial charge in [0.25, 0.3) is 0 Å². The number of aromatic hydroxyl groups is 1. The largest absolute Gasteiger partial charge is 0.508 e. The van der Waals surface area contributed by atoms with Gasteiger partial charge in [-0.05, 0) is 48.7 Å². The second kappa shape index (κ2) is 8.19. The topological polar surface area (TPSA) is 89.9 Å². The number of nitrogens with zero attached hydrogens (tertiary/aromatic N) is 1. The number of benzene rings is 2. The lowest BCUT2D eigenvalue weighted by molar-refractivity contribution is 0.0697. The number of rotatable bonds is 6. The average Bonchev–Trinajstić information content (AvgIpc) is 2.61. The number of hydrogen-bond donors (Lipinski definition) is 3. The molecule has 2 aromatic rings. The molecular formula is C19H22N2O4. The predicted octanol–water partition coefficient (Wildman–Crippen LogP) is 2.86. The molecule has 0 heterocycles. The zero-order valence-electron chi connectivity index (χ0n) is 14.3. The summed E-state index contributed by atoms with van der Waals surface area (Å²) in [4.78, 5) is 24.7. The quantitative estimate of drug-likeness (QED) is 0.753. The van der Waals surface area contributed by atoms with E-state index >= 15 is 0 Å². The van der Waals surface area contributed by atoms with Crippen molar-refractivity contribution in [2.75, 3.05) is 7.05 Å². The Bertz CT molecular complexity index is 726. The molecule has 0 aromatic heterocycles. The van der Waals surface area contributed by atoms with E-state index in [9.17, 15) is 14.7 Å². The molecule has 0 saturated carbocycles. The number of carbonyl (C=O) groups is 2. The fourth-order valence-corrected chi connectivity index (χ4v) is 2.38. The van der Waals surface area contributed by atoms with Crippen LogP contribution in [0.25, 0.3) is 0 Å². The SMILES string of the molecule is CC(Cc1ccc(O)cc1)N(C)C(=O)NCc1ccc(C(=O)O)cc1. The van der Waals surface area contributed by atoms with Crippen LogP contribution in [-0.4, -0.2) is 40.2 Å². The van der Waals surface area contributed by atoms with Crippen molar-refractivity contribution in [2.24, 2.45) is 0 Å². The predicted molar refractivity (Wildman–Crippen MR) is 94.7 cm³/mol. The Labute approximate surface area is 146 Å². The Morgan fingerprint density at radius 1 is 1.04 bits per heavy atom. The third-order valence-corrected chi connectivity index (χ3v) is 4.09. The highest BCUT2D eigenvalue weighted by molar-refractivity contribution is 5.87. The standard InChI is InChI=1S/C19H22N2O4/c1-13(11-14-5-9-17(22)10-6-14)21(2)19(25)20-12-15-3-7-16(8-4-15)18(23)24/h3-10,13,22H,11-12H2,1-2H3,(H,20,25)(H,23,24). The van der Waals surface area contributed by atoms with Crippen LogP contribution in [-0.2, 0) is 13.0 Å². The number of carboxylic acid groups (broad SMARTS) is 1. The number of urea groups is 1. The third kappa shape index (κ3) is 5.24. The molecule has 0 spiro atoms. The first kappa shape index (κ1) is 18.3. The number of likely N-dealkylation sites (N-methyl/N-ethyl adjacent to an activating group) is 1. The molecule has 1 unspecified atom stereocenters. The Kier molecular flexibility index (Phi) is 6.00. The lowest BCUT2D eigenvalue weighted by Gasteiger charge is -2.25. The van der Waals surface area contributed by atoms with E-state index in [4.69, 9.17) is 5.11 Å². The molecule has 6 heteroatoms. The molecule has 3 N–H and O–H groups in total. The zero-order chi connectivity index (χ0) is 18.4. The summed E-state index contributed by atoms with van der Waals surface area (Å²) in [5.74, 6) is -0.755. The van der Waals surface area contributed by atoms with Gasteiger partial charge in [0, 0.05) is 19.6 Å². The number of aromatic carboxylic acids is 1. The summed E-state index contributed by atoms with van der Waals surface area (Å²) in [6.45, 7) is 2.28. The normalized spacial score (nSPS) is 11.6. The first-order valence-electron chi connectivity index (χ1n) is 7.97. The van der Waals surface area contributed by atoms with Crippen LogP contribution in [0.1, 0.15) is 28.4 Å². The second-order valence-corrected chi connectivity index (χ2v) is 5.99. The molecule has 0 aliphatic rings. The summed E-state index contributed by atoms with van der Waals surface area (Å²) >= 11 is 0. The number of amides is 2. The Hall–Kier alpha value is -3.02. The minimum Gasteiger partial charge on any atom is -0.508 e. The van der Waals surface area contributed by atoms with Crippen LogP contribution in [0.4, 0.5) is 4.79 Å². The van der Waals surface area contributed by atoms with Gasteiger partial charge in [-0.3, -0.25) is 0 Å². The fraction of sp³-hybridized carbons (Fsp3) is 0.263. The van der Waals surface area contributed by atoms with Crippen LogP contribution < -0.4 is 5.32 Å². The van der Waals surface area contributed by atoms with Gasteiger partial charge in [0.15, 0.2) is 0 Å². The third-order valence-electron chi connectivity index (χ3n) is 4.09. The van der Waals surface area contributed by atoms with Crippen LogP contribution in [0.5, 0.6) is 5.75 Å². The molecule has 132 valence electrons. The molecule has 0 radical (unpaired) electrons. The highest BCUT2D eigenvalue weighted by atomic mass is 16.4. The molecule has 0 aliphatic carbocycles. The molecule has 0 bridgehead atoms. The van der Waals surface area contributed by atoms with Crippen molar-refractivity contribution in [2.45, 2.75) is 25.9 Å². The van der Waals surface area contributed by atoms with E-state index in [0.717, 1.165) is 11.1 Å². The van der Waals surface area contributed by atoms with E-state index in [1.165, 1.54) is 12.1 Å². The summed E-state index contributed by atoms with van der Waals surface area (Å²) in [7, 11) is 1.73. The van der Waals surface area contributed by atoms with Crippen LogP contribution in [0, 0.1) is 0 Å². The molecule has 2 aromatic carbocycles. The first-order valence-corrected chi connectivity index (χ1v) is 7.97. The van der Waals surface area contributed by atoms with E-state index in [1.807, 2.05) is 19.1 Å². The van der Waals surface area contributed by atoms with Gasteiger partial charge < -0.3 is 20.4 Å². The van der Waals surface area contributed by atoms with Crippen LogP contribution in [0.2, 0.25) is 0 Å². The highest BCUT2D eigenvalue weighted by Crippen LogP contribution is 2.13. The van der Waals surface area contributed by atoms with Gasteiger partial charge in [-0.15, -0.1) is 0 Å². The maximum atomic E-state index is 12.3. The molecule has 1 atom stereocenters. The molecular weight excluding hydrogens is 320 g/mol. The van der Waals surface area contributed by atoms with Crippen molar-refractivity contribution < 1.29 is 19.8 Å². The molecule has 25 heavy (non-hydrogen) atoms. The van der Waals surface area contributed by atoms with Gasteiger partial charge in [0.2, 0.25) is 0 Å². The lowest BCUT2D eigenvalue weighted by Crippen LogP contribution is -2.42. The molecule has 6 nitrogen and oxygen atoms in total. The Balaban J connectivity index is 1.86. The summed E-state index contributed by atoms with van der Waals surface area (Å²) in [6, 6.07) is 13.1. The summed E-state index contributed by atoms with van der Waals surface area (Å²) in [6.07, 6.45) is 0.678. The minimum atomic E-state index is -0.974. The molecule has 2 amide bonds. The maximum Gasteiger partial charge on any atom is 0.335 e.